The molecule has 7 heteroatoms. The first-order chi connectivity index (χ1) is 10.6. The Hall–Kier alpha value is -3.22. The van der Waals surface area contributed by atoms with Crippen LogP contribution in [0.4, 0.5) is 11.4 Å². The van der Waals surface area contributed by atoms with E-state index in [-0.39, 0.29) is 17.8 Å². The van der Waals surface area contributed by atoms with E-state index in [0.29, 0.717) is 16.8 Å². The molecule has 0 saturated heterocycles. The average Bonchev–Trinajstić information content (AvgIpc) is 2.81. The van der Waals surface area contributed by atoms with Crippen LogP contribution in [0.5, 0.6) is 0 Å². The third kappa shape index (κ3) is 2.28. The van der Waals surface area contributed by atoms with Crippen LogP contribution in [0.3, 0.4) is 0 Å². The van der Waals surface area contributed by atoms with Crippen molar-refractivity contribution in [2.45, 2.75) is 6.54 Å². The quantitative estimate of drug-likeness (QED) is 0.511. The molecule has 0 aromatic heterocycles. The minimum Gasteiger partial charge on any atom is -0.380 e. The minimum atomic E-state index is -0.467. The van der Waals surface area contributed by atoms with Crippen LogP contribution in [0.25, 0.3) is 0 Å². The van der Waals surface area contributed by atoms with E-state index < -0.39 is 16.7 Å². The molecule has 3 rings (SSSR count). The summed E-state index contributed by atoms with van der Waals surface area (Å²) in [5.41, 5.74) is 1.54. The summed E-state index contributed by atoms with van der Waals surface area (Å²) in [6.07, 6.45) is 0. The smallest absolute Gasteiger partial charge is 0.274 e. The predicted octanol–water partition coefficient (Wildman–Crippen LogP) is 2.09. The number of nitrogens with zero attached hydrogens (tertiary/aromatic N) is 1. The van der Waals surface area contributed by atoms with Crippen molar-refractivity contribution < 1.29 is 14.5 Å². The van der Waals surface area contributed by atoms with Crippen molar-refractivity contribution in [2.75, 3.05) is 5.32 Å². The fraction of sp³-hybridized carbons (Fsp3) is 0.0667. The number of carbonyl (C=O) groups is 2. The fourth-order valence-corrected chi connectivity index (χ4v) is 2.40. The number of hydrogen-bond acceptors (Lipinski definition) is 5. The summed E-state index contributed by atoms with van der Waals surface area (Å²) >= 11 is 0. The van der Waals surface area contributed by atoms with E-state index in [1.165, 1.54) is 6.07 Å². The van der Waals surface area contributed by atoms with Gasteiger partial charge in [0.2, 0.25) is 0 Å². The van der Waals surface area contributed by atoms with Gasteiger partial charge in [-0.1, -0.05) is 24.3 Å². The number of nitrogens with one attached hydrogen (secondary N) is 2. The summed E-state index contributed by atoms with van der Waals surface area (Å²) in [7, 11) is 0. The maximum Gasteiger partial charge on any atom is 0.274 e. The molecule has 0 unspecified atom stereocenters. The van der Waals surface area contributed by atoms with Crippen LogP contribution in [0.1, 0.15) is 26.3 Å². The number of para-hydroxylation sites is 1. The Kier molecular flexibility index (Phi) is 3.30. The van der Waals surface area contributed by atoms with E-state index in [9.17, 15) is 19.7 Å². The number of carbonyl (C=O) groups excluding carboxylic acids is 2. The van der Waals surface area contributed by atoms with Crippen LogP contribution < -0.4 is 10.6 Å². The number of benzene rings is 2. The molecule has 0 fully saturated rings. The van der Waals surface area contributed by atoms with Crippen molar-refractivity contribution >= 4 is 23.2 Å². The summed E-state index contributed by atoms with van der Waals surface area (Å²) in [5, 5.41) is 16.2. The lowest BCUT2D eigenvalue weighted by Gasteiger charge is -2.09. The number of nitro benzene ring substituents is 1. The second-order valence-corrected chi connectivity index (χ2v) is 4.75. The number of amides is 2. The number of fused-ring (bicyclic) bond motifs is 1. The summed E-state index contributed by atoms with van der Waals surface area (Å²) in [5.74, 6) is -0.903. The van der Waals surface area contributed by atoms with Crippen LogP contribution >= 0.6 is 0 Å². The van der Waals surface area contributed by atoms with E-state index in [4.69, 9.17) is 0 Å². The highest BCUT2D eigenvalue weighted by Gasteiger charge is 2.29. The number of nitro groups is 1. The molecule has 110 valence electrons. The van der Waals surface area contributed by atoms with Crippen molar-refractivity contribution in [3.8, 4) is 0 Å². The van der Waals surface area contributed by atoms with Gasteiger partial charge in [-0.15, -0.1) is 0 Å². The highest BCUT2D eigenvalue weighted by molar-refractivity contribution is 6.23. The molecule has 0 saturated carbocycles. The zero-order valence-corrected chi connectivity index (χ0v) is 11.3. The molecule has 2 amide bonds. The Morgan fingerprint density at radius 1 is 1.05 bits per heavy atom. The van der Waals surface area contributed by atoms with E-state index in [0.717, 1.165) is 0 Å². The van der Waals surface area contributed by atoms with Gasteiger partial charge in [-0.2, -0.15) is 0 Å². The number of hydrogen-bond donors (Lipinski definition) is 2. The van der Waals surface area contributed by atoms with Crippen molar-refractivity contribution in [2.24, 2.45) is 0 Å². The normalized spacial score (nSPS) is 12.7. The molecule has 7 nitrogen and oxygen atoms in total. The van der Waals surface area contributed by atoms with Crippen molar-refractivity contribution in [3.63, 3.8) is 0 Å². The van der Waals surface area contributed by atoms with E-state index in [2.05, 4.69) is 10.6 Å². The van der Waals surface area contributed by atoms with Crippen LogP contribution in [0.15, 0.2) is 42.5 Å². The van der Waals surface area contributed by atoms with Gasteiger partial charge in [0.1, 0.15) is 0 Å². The second kappa shape index (κ2) is 5.28. The van der Waals surface area contributed by atoms with Gasteiger partial charge in [-0.3, -0.25) is 25.0 Å². The van der Waals surface area contributed by atoms with Crippen LogP contribution in [-0.4, -0.2) is 16.7 Å². The van der Waals surface area contributed by atoms with Gasteiger partial charge in [0, 0.05) is 23.9 Å². The second-order valence-electron chi connectivity index (χ2n) is 4.75. The van der Waals surface area contributed by atoms with Crippen LogP contribution in [0, 0.1) is 10.1 Å². The summed E-state index contributed by atoms with van der Waals surface area (Å²) < 4.78 is 0. The molecular weight excluding hydrogens is 286 g/mol. The molecule has 0 atom stereocenters. The van der Waals surface area contributed by atoms with E-state index in [1.807, 2.05) is 0 Å². The molecule has 2 aromatic carbocycles. The van der Waals surface area contributed by atoms with Crippen molar-refractivity contribution in [1.82, 2.24) is 5.32 Å². The Labute approximate surface area is 125 Å². The largest absolute Gasteiger partial charge is 0.380 e. The zero-order chi connectivity index (χ0) is 15.7. The van der Waals surface area contributed by atoms with Gasteiger partial charge in [-0.05, 0) is 12.1 Å². The first kappa shape index (κ1) is 13.7. The molecule has 22 heavy (non-hydrogen) atoms. The standard InChI is InChI=1S/C15H11N3O4/c19-14-10-5-3-6-11(13(10)15(20)17-14)16-8-9-4-1-2-7-12(9)18(21)22/h1-7,16H,8H2,(H,17,19,20). The van der Waals surface area contributed by atoms with Crippen LogP contribution in [0.2, 0.25) is 0 Å². The zero-order valence-electron chi connectivity index (χ0n) is 11.3. The highest BCUT2D eigenvalue weighted by atomic mass is 16.6. The third-order valence-corrected chi connectivity index (χ3v) is 3.42. The maximum atomic E-state index is 11.8. The summed E-state index contributed by atoms with van der Waals surface area (Å²) in [6.45, 7) is 0.176. The van der Waals surface area contributed by atoms with E-state index >= 15 is 0 Å². The molecule has 1 aliphatic heterocycles. The molecule has 1 aliphatic rings. The third-order valence-electron chi connectivity index (χ3n) is 3.42. The van der Waals surface area contributed by atoms with Crippen LogP contribution in [-0.2, 0) is 6.54 Å². The van der Waals surface area contributed by atoms with E-state index in [1.54, 1.807) is 36.4 Å². The van der Waals surface area contributed by atoms with Gasteiger partial charge >= 0.3 is 0 Å². The summed E-state index contributed by atoms with van der Waals surface area (Å²) in [4.78, 5) is 33.9. The topological polar surface area (TPSA) is 101 Å². The lowest BCUT2D eigenvalue weighted by Crippen LogP contribution is -2.20. The SMILES string of the molecule is O=C1NC(=O)c2c(NCc3ccccc3[N+](=O)[O-])cccc21. The Bertz CT molecular complexity index is 801. The lowest BCUT2D eigenvalue weighted by atomic mass is 10.1. The van der Waals surface area contributed by atoms with Gasteiger partial charge in [0.15, 0.2) is 0 Å². The fourth-order valence-electron chi connectivity index (χ4n) is 2.40. The number of anilines is 1. The molecule has 0 radical (unpaired) electrons. The molecule has 0 aliphatic carbocycles. The first-order valence-electron chi connectivity index (χ1n) is 6.53. The molecular formula is C15H11N3O4. The van der Waals surface area contributed by atoms with Gasteiger partial charge in [0.25, 0.3) is 17.5 Å². The lowest BCUT2D eigenvalue weighted by molar-refractivity contribution is -0.385. The molecule has 1 heterocycles. The monoisotopic (exact) mass is 297 g/mol. The van der Waals surface area contributed by atoms with Gasteiger partial charge < -0.3 is 5.32 Å². The molecule has 2 aromatic rings. The maximum absolute atomic E-state index is 11.8. The number of rotatable bonds is 4. The summed E-state index contributed by atoms with van der Waals surface area (Å²) in [6, 6.07) is 11.2. The van der Waals surface area contributed by atoms with Crippen molar-refractivity contribution in [1.29, 1.82) is 0 Å². The Morgan fingerprint density at radius 2 is 1.82 bits per heavy atom. The average molecular weight is 297 g/mol. The first-order valence-corrected chi connectivity index (χ1v) is 6.53. The minimum absolute atomic E-state index is 0.00287. The number of imide groups is 1. The molecule has 2 N–H and O–H groups in total. The molecule has 0 bridgehead atoms. The van der Waals surface area contributed by atoms with Gasteiger partial charge in [0.05, 0.1) is 16.1 Å². The Balaban J connectivity index is 1.89. The molecule has 0 spiro atoms. The predicted molar refractivity (Wildman–Crippen MR) is 78.7 cm³/mol. The highest BCUT2D eigenvalue weighted by Crippen LogP contribution is 2.26. The van der Waals surface area contributed by atoms with Gasteiger partial charge in [-0.25, -0.2) is 0 Å². The Morgan fingerprint density at radius 3 is 2.59 bits per heavy atom. The van der Waals surface area contributed by atoms with Crippen molar-refractivity contribution in [3.05, 3.63) is 69.3 Å².